The van der Waals surface area contributed by atoms with Crippen molar-refractivity contribution in [2.24, 2.45) is 10.9 Å². The first kappa shape index (κ1) is 24.7. The Morgan fingerprint density at radius 3 is 2.68 bits per heavy atom. The Kier molecular flexibility index (Phi) is 11.4. The molecule has 1 fully saturated rings. The van der Waals surface area contributed by atoms with E-state index in [0.717, 1.165) is 50.8 Å². The summed E-state index contributed by atoms with van der Waals surface area (Å²) in [5.74, 6) is 2.48. The molecular weight excluding hydrogens is 469 g/mol. The number of carbonyl (C=O) groups is 1. The summed E-state index contributed by atoms with van der Waals surface area (Å²) in [7, 11) is 1.68. The first-order valence-electron chi connectivity index (χ1n) is 9.99. The number of carbonyl (C=O) groups excluding carboxylic acids is 1. The summed E-state index contributed by atoms with van der Waals surface area (Å²) in [5.41, 5.74) is 0. The summed E-state index contributed by atoms with van der Waals surface area (Å²) in [6, 6.07) is 0.374. The highest BCUT2D eigenvalue weighted by Crippen LogP contribution is 2.10. The van der Waals surface area contributed by atoms with E-state index in [1.165, 1.54) is 0 Å². The molecule has 0 saturated carbocycles. The Hall–Kier alpha value is -1.36. The van der Waals surface area contributed by atoms with Crippen molar-refractivity contribution in [2.45, 2.75) is 52.7 Å². The van der Waals surface area contributed by atoms with Crippen molar-refractivity contribution in [1.82, 2.24) is 30.4 Å². The predicted octanol–water partition coefficient (Wildman–Crippen LogP) is 1.42. The molecule has 3 N–H and O–H groups in total. The summed E-state index contributed by atoms with van der Waals surface area (Å²) >= 11 is 0. The second-order valence-electron chi connectivity index (χ2n) is 7.45. The maximum Gasteiger partial charge on any atom is 0.233 e. The largest absolute Gasteiger partial charge is 0.358 e. The topological polar surface area (TPSA) is 86.6 Å². The third-order valence-corrected chi connectivity index (χ3v) is 4.66. The van der Waals surface area contributed by atoms with Crippen LogP contribution < -0.4 is 16.0 Å². The molecule has 1 aromatic rings. The van der Waals surface area contributed by atoms with E-state index in [-0.39, 0.29) is 29.9 Å². The summed E-state index contributed by atoms with van der Waals surface area (Å²) < 4.78 is 2.18. The highest BCUT2D eigenvalue weighted by molar-refractivity contribution is 14.0. The van der Waals surface area contributed by atoms with Gasteiger partial charge in [0.1, 0.15) is 12.4 Å². The van der Waals surface area contributed by atoms with Gasteiger partial charge in [0, 0.05) is 51.7 Å². The second kappa shape index (κ2) is 13.0. The van der Waals surface area contributed by atoms with Crippen molar-refractivity contribution < 1.29 is 4.79 Å². The summed E-state index contributed by atoms with van der Waals surface area (Å²) in [4.78, 5) is 22.9. The van der Waals surface area contributed by atoms with Crippen LogP contribution in [0.3, 0.4) is 0 Å². The third kappa shape index (κ3) is 8.34. The van der Waals surface area contributed by atoms with Gasteiger partial charge >= 0.3 is 0 Å². The van der Waals surface area contributed by atoms with Crippen molar-refractivity contribution in [3.63, 3.8) is 0 Å². The van der Waals surface area contributed by atoms with Crippen LogP contribution in [0.25, 0.3) is 0 Å². The molecule has 2 rings (SSSR count). The minimum absolute atomic E-state index is 0. The number of imidazole rings is 1. The van der Waals surface area contributed by atoms with Crippen molar-refractivity contribution >= 4 is 35.8 Å². The quantitative estimate of drug-likeness (QED) is 0.283. The molecule has 0 aliphatic carbocycles. The average Bonchev–Trinajstić information content (AvgIpc) is 3.07. The first-order valence-corrected chi connectivity index (χ1v) is 9.99. The third-order valence-electron chi connectivity index (χ3n) is 4.66. The Morgan fingerprint density at radius 2 is 2.07 bits per heavy atom. The van der Waals surface area contributed by atoms with Gasteiger partial charge in [-0.2, -0.15) is 0 Å². The number of nitrogens with one attached hydrogen (secondary N) is 3. The summed E-state index contributed by atoms with van der Waals surface area (Å²) in [5, 5.41) is 9.56. The van der Waals surface area contributed by atoms with Gasteiger partial charge < -0.3 is 20.5 Å². The zero-order valence-corrected chi connectivity index (χ0v) is 19.9. The van der Waals surface area contributed by atoms with Gasteiger partial charge in [-0.05, 0) is 25.7 Å². The van der Waals surface area contributed by atoms with E-state index in [1.807, 2.05) is 12.4 Å². The highest BCUT2D eigenvalue weighted by atomic mass is 127. The molecule has 8 nitrogen and oxygen atoms in total. The van der Waals surface area contributed by atoms with Gasteiger partial charge in [0.25, 0.3) is 0 Å². The number of aromatic nitrogens is 2. The van der Waals surface area contributed by atoms with E-state index in [1.54, 1.807) is 7.05 Å². The fraction of sp³-hybridized carbons (Fsp3) is 0.737. The molecule has 1 amide bonds. The average molecular weight is 505 g/mol. The van der Waals surface area contributed by atoms with Crippen molar-refractivity contribution in [1.29, 1.82) is 0 Å². The molecule has 160 valence electrons. The number of hydrogen-bond acceptors (Lipinski definition) is 4. The minimum atomic E-state index is 0. The minimum Gasteiger partial charge on any atom is -0.358 e. The van der Waals surface area contributed by atoms with Gasteiger partial charge in [0.2, 0.25) is 5.91 Å². The fourth-order valence-corrected chi connectivity index (χ4v) is 3.23. The van der Waals surface area contributed by atoms with Crippen LogP contribution in [-0.2, 0) is 17.9 Å². The Labute approximate surface area is 186 Å². The van der Waals surface area contributed by atoms with Crippen LogP contribution in [0.4, 0.5) is 0 Å². The molecule has 28 heavy (non-hydrogen) atoms. The normalized spacial score (nSPS) is 16.0. The van der Waals surface area contributed by atoms with Crippen LogP contribution in [0.15, 0.2) is 17.4 Å². The highest BCUT2D eigenvalue weighted by Gasteiger charge is 2.21. The van der Waals surface area contributed by atoms with E-state index >= 15 is 0 Å². The maximum atomic E-state index is 11.5. The van der Waals surface area contributed by atoms with Crippen LogP contribution >= 0.6 is 24.0 Å². The van der Waals surface area contributed by atoms with Gasteiger partial charge in [-0.25, -0.2) is 9.98 Å². The summed E-state index contributed by atoms with van der Waals surface area (Å²) in [6.07, 6.45) is 5.87. The standard InChI is InChI=1S/C19H35N7O.HI/c1-5-21-19(23-12-17-22-8-11-26(17)13-15(2)3)24-16-6-9-25(10-7-16)14-18(27)20-4;/h8,11,15-16H,5-7,9-10,12-14H2,1-4H3,(H,20,27)(H2,21,23,24);1H. The second-order valence-corrected chi connectivity index (χ2v) is 7.45. The van der Waals surface area contributed by atoms with Crippen molar-refractivity contribution in [3.05, 3.63) is 18.2 Å². The Bertz CT molecular complexity index is 609. The van der Waals surface area contributed by atoms with Crippen LogP contribution in [0.2, 0.25) is 0 Å². The first-order chi connectivity index (χ1) is 13.0. The number of rotatable bonds is 8. The molecule has 0 unspecified atom stereocenters. The van der Waals surface area contributed by atoms with E-state index < -0.39 is 0 Å². The lowest BCUT2D eigenvalue weighted by atomic mass is 10.1. The lowest BCUT2D eigenvalue weighted by Gasteiger charge is -2.32. The molecule has 0 atom stereocenters. The summed E-state index contributed by atoms with van der Waals surface area (Å²) in [6.45, 7) is 11.1. The number of likely N-dealkylation sites (N-methyl/N-ethyl adjacent to an activating group) is 1. The Morgan fingerprint density at radius 1 is 1.36 bits per heavy atom. The zero-order valence-electron chi connectivity index (χ0n) is 17.6. The SMILES string of the molecule is CCNC(=NCc1nccn1CC(C)C)NC1CCN(CC(=O)NC)CC1.I. The maximum absolute atomic E-state index is 11.5. The molecule has 0 aromatic carbocycles. The number of hydrogen-bond donors (Lipinski definition) is 3. The van der Waals surface area contributed by atoms with Gasteiger partial charge in [-0.3, -0.25) is 9.69 Å². The molecule has 0 bridgehead atoms. The fourth-order valence-electron chi connectivity index (χ4n) is 3.23. The number of likely N-dealkylation sites (tertiary alicyclic amines) is 1. The lowest BCUT2D eigenvalue weighted by molar-refractivity contribution is -0.122. The number of nitrogens with zero attached hydrogens (tertiary/aromatic N) is 4. The number of guanidine groups is 1. The molecular formula is C19H36IN7O. The van der Waals surface area contributed by atoms with Gasteiger partial charge in [0.05, 0.1) is 6.54 Å². The molecule has 1 saturated heterocycles. The molecule has 9 heteroatoms. The number of halogens is 1. The van der Waals surface area contributed by atoms with Crippen molar-refractivity contribution in [2.75, 3.05) is 33.2 Å². The molecule has 0 radical (unpaired) electrons. The lowest BCUT2D eigenvalue weighted by Crippen LogP contribution is -2.50. The van der Waals surface area contributed by atoms with E-state index in [4.69, 9.17) is 4.99 Å². The van der Waals surface area contributed by atoms with E-state index in [9.17, 15) is 4.79 Å². The van der Waals surface area contributed by atoms with Gasteiger partial charge in [-0.1, -0.05) is 13.8 Å². The van der Waals surface area contributed by atoms with Gasteiger partial charge in [-0.15, -0.1) is 24.0 Å². The molecule has 2 heterocycles. The number of piperidine rings is 1. The van der Waals surface area contributed by atoms with Gasteiger partial charge in [0.15, 0.2) is 5.96 Å². The smallest absolute Gasteiger partial charge is 0.233 e. The van der Waals surface area contributed by atoms with E-state index in [0.29, 0.717) is 25.0 Å². The zero-order chi connectivity index (χ0) is 19.6. The van der Waals surface area contributed by atoms with Crippen LogP contribution in [0, 0.1) is 5.92 Å². The monoisotopic (exact) mass is 505 g/mol. The van der Waals surface area contributed by atoms with Crippen LogP contribution in [0.1, 0.15) is 39.4 Å². The molecule has 0 spiro atoms. The Balaban J connectivity index is 0.00000392. The molecule has 1 aromatic heterocycles. The number of aliphatic imine (C=N–C) groups is 1. The molecule has 1 aliphatic heterocycles. The van der Waals surface area contributed by atoms with Crippen LogP contribution in [-0.4, -0.2) is 65.6 Å². The molecule has 1 aliphatic rings. The van der Waals surface area contributed by atoms with E-state index in [2.05, 4.69) is 51.2 Å². The number of amides is 1. The van der Waals surface area contributed by atoms with Crippen LogP contribution in [0.5, 0.6) is 0 Å². The van der Waals surface area contributed by atoms with Crippen molar-refractivity contribution in [3.8, 4) is 0 Å². The predicted molar refractivity (Wildman–Crippen MR) is 124 cm³/mol.